The quantitative estimate of drug-likeness (QED) is 0.792. The third-order valence-electron chi connectivity index (χ3n) is 2.73. The molecule has 0 fully saturated rings. The first kappa shape index (κ1) is 12.7. The molecule has 1 rings (SSSR count). The highest BCUT2D eigenvalue weighted by Gasteiger charge is 2.07. The highest BCUT2D eigenvalue weighted by atomic mass is 14.9. The van der Waals surface area contributed by atoms with Gasteiger partial charge < -0.3 is 11.1 Å². The first-order valence-corrected chi connectivity index (χ1v) is 5.66. The van der Waals surface area contributed by atoms with Gasteiger partial charge in [-0.3, -0.25) is 0 Å². The van der Waals surface area contributed by atoms with Crippen molar-refractivity contribution in [2.24, 2.45) is 5.73 Å². The first-order valence-electron chi connectivity index (χ1n) is 5.66. The summed E-state index contributed by atoms with van der Waals surface area (Å²) in [6, 6.07) is 10.2. The van der Waals surface area contributed by atoms with Gasteiger partial charge >= 0.3 is 0 Å². The van der Waals surface area contributed by atoms with Crippen LogP contribution in [0.4, 0.5) is 0 Å². The van der Waals surface area contributed by atoms with Gasteiger partial charge in [0.25, 0.3) is 0 Å². The number of nitrogens with two attached hydrogens (primary N) is 1. The molecule has 0 aromatic heterocycles. The largest absolute Gasteiger partial charge is 0.327 e. The summed E-state index contributed by atoms with van der Waals surface area (Å²) in [6.07, 6.45) is 0.970. The summed E-state index contributed by atoms with van der Waals surface area (Å²) in [6.45, 7) is 4.96. The van der Waals surface area contributed by atoms with Gasteiger partial charge in [0.1, 0.15) is 0 Å². The smallest absolute Gasteiger partial charge is 0.0991 e. The summed E-state index contributed by atoms with van der Waals surface area (Å²) in [4.78, 5) is 0. The Bertz CT molecular complexity index is 368. The number of nitrogens with zero attached hydrogens (tertiary/aromatic N) is 1. The van der Waals surface area contributed by atoms with Crippen molar-refractivity contribution in [1.82, 2.24) is 5.32 Å². The maximum atomic E-state index is 8.81. The molecule has 1 aromatic carbocycles. The van der Waals surface area contributed by atoms with Crippen molar-refractivity contribution in [3.8, 4) is 6.07 Å². The van der Waals surface area contributed by atoms with Gasteiger partial charge in [0.2, 0.25) is 0 Å². The summed E-state index contributed by atoms with van der Waals surface area (Å²) >= 11 is 0. The Morgan fingerprint density at radius 2 is 2.25 bits per heavy atom. The molecule has 0 heterocycles. The molecule has 1 aromatic rings. The van der Waals surface area contributed by atoms with Crippen molar-refractivity contribution >= 4 is 0 Å². The van der Waals surface area contributed by atoms with Gasteiger partial charge in [-0.25, -0.2) is 0 Å². The van der Waals surface area contributed by atoms with Gasteiger partial charge in [-0.15, -0.1) is 0 Å². The second-order valence-electron chi connectivity index (χ2n) is 4.04. The Labute approximate surface area is 97.3 Å². The van der Waals surface area contributed by atoms with Crippen LogP contribution in [0.2, 0.25) is 0 Å². The predicted molar refractivity (Wildman–Crippen MR) is 65.8 cm³/mol. The lowest BCUT2D eigenvalue weighted by Gasteiger charge is -2.17. The Kier molecular flexibility index (Phi) is 4.97. The third kappa shape index (κ3) is 3.65. The monoisotopic (exact) mass is 217 g/mol. The zero-order valence-corrected chi connectivity index (χ0v) is 9.90. The molecule has 0 aliphatic carbocycles. The zero-order chi connectivity index (χ0) is 12.0. The lowest BCUT2D eigenvalue weighted by Crippen LogP contribution is -2.34. The Morgan fingerprint density at radius 3 is 2.88 bits per heavy atom. The maximum Gasteiger partial charge on any atom is 0.0991 e. The number of benzene rings is 1. The van der Waals surface area contributed by atoms with Crippen LogP contribution in [0, 0.1) is 11.3 Å². The van der Waals surface area contributed by atoms with Crippen LogP contribution in [0.3, 0.4) is 0 Å². The molecule has 0 aliphatic rings. The highest BCUT2D eigenvalue weighted by molar-refractivity contribution is 5.33. The van der Waals surface area contributed by atoms with Gasteiger partial charge in [0.05, 0.1) is 11.6 Å². The summed E-state index contributed by atoms with van der Waals surface area (Å²) in [5, 5.41) is 12.2. The molecule has 0 spiro atoms. The van der Waals surface area contributed by atoms with E-state index >= 15 is 0 Å². The Balaban J connectivity index is 2.59. The van der Waals surface area contributed by atoms with E-state index in [4.69, 9.17) is 11.0 Å². The minimum absolute atomic E-state index is 0.196. The number of hydrogen-bond acceptors (Lipinski definition) is 3. The molecule has 0 saturated heterocycles. The SMILES string of the molecule is CCC(N)CNC(C)c1cccc(C#N)c1. The molecular weight excluding hydrogens is 198 g/mol. The van der Waals surface area contributed by atoms with Crippen molar-refractivity contribution < 1.29 is 0 Å². The highest BCUT2D eigenvalue weighted by Crippen LogP contribution is 2.13. The van der Waals surface area contributed by atoms with E-state index in [0.29, 0.717) is 5.56 Å². The first-order chi connectivity index (χ1) is 7.67. The van der Waals surface area contributed by atoms with E-state index in [1.165, 1.54) is 0 Å². The normalized spacial score (nSPS) is 14.1. The van der Waals surface area contributed by atoms with Crippen LogP contribution < -0.4 is 11.1 Å². The van der Waals surface area contributed by atoms with Crippen molar-refractivity contribution in [2.75, 3.05) is 6.54 Å². The van der Waals surface area contributed by atoms with Crippen molar-refractivity contribution in [3.63, 3.8) is 0 Å². The third-order valence-corrected chi connectivity index (χ3v) is 2.73. The fourth-order valence-corrected chi connectivity index (χ4v) is 1.47. The lowest BCUT2D eigenvalue weighted by molar-refractivity contribution is 0.508. The van der Waals surface area contributed by atoms with Gasteiger partial charge in [-0.05, 0) is 31.0 Å². The second-order valence-corrected chi connectivity index (χ2v) is 4.04. The molecule has 0 aliphatic heterocycles. The lowest BCUT2D eigenvalue weighted by atomic mass is 10.1. The van der Waals surface area contributed by atoms with E-state index in [1.807, 2.05) is 24.3 Å². The molecule has 16 heavy (non-hydrogen) atoms. The molecule has 3 heteroatoms. The van der Waals surface area contributed by atoms with Crippen LogP contribution in [-0.4, -0.2) is 12.6 Å². The number of nitrogens with one attached hydrogen (secondary N) is 1. The second kappa shape index (κ2) is 6.26. The van der Waals surface area contributed by atoms with Crippen LogP contribution in [0.15, 0.2) is 24.3 Å². The van der Waals surface area contributed by atoms with Crippen LogP contribution in [-0.2, 0) is 0 Å². The van der Waals surface area contributed by atoms with Crippen molar-refractivity contribution in [1.29, 1.82) is 5.26 Å². The number of nitriles is 1. The fraction of sp³-hybridized carbons (Fsp3) is 0.462. The van der Waals surface area contributed by atoms with Crippen LogP contribution in [0.25, 0.3) is 0 Å². The molecular formula is C13H19N3. The van der Waals surface area contributed by atoms with Gasteiger partial charge in [0, 0.05) is 18.6 Å². The van der Waals surface area contributed by atoms with Gasteiger partial charge in [-0.1, -0.05) is 19.1 Å². The van der Waals surface area contributed by atoms with Gasteiger partial charge in [-0.2, -0.15) is 5.26 Å². The van der Waals surface area contributed by atoms with Crippen LogP contribution in [0.1, 0.15) is 37.4 Å². The molecule has 0 amide bonds. The fourth-order valence-electron chi connectivity index (χ4n) is 1.47. The molecule has 2 atom stereocenters. The van der Waals surface area contributed by atoms with E-state index in [1.54, 1.807) is 0 Å². The van der Waals surface area contributed by atoms with E-state index in [0.717, 1.165) is 18.5 Å². The van der Waals surface area contributed by atoms with Crippen LogP contribution >= 0.6 is 0 Å². The molecule has 0 bridgehead atoms. The van der Waals surface area contributed by atoms with E-state index in [-0.39, 0.29) is 12.1 Å². The summed E-state index contributed by atoms with van der Waals surface area (Å²) in [7, 11) is 0. The molecule has 2 unspecified atom stereocenters. The van der Waals surface area contributed by atoms with E-state index < -0.39 is 0 Å². The maximum absolute atomic E-state index is 8.81. The minimum Gasteiger partial charge on any atom is -0.327 e. The Morgan fingerprint density at radius 1 is 1.50 bits per heavy atom. The molecule has 3 nitrogen and oxygen atoms in total. The van der Waals surface area contributed by atoms with Gasteiger partial charge in [0.15, 0.2) is 0 Å². The Hall–Kier alpha value is -1.37. The average Bonchev–Trinajstić information content (AvgIpc) is 2.35. The van der Waals surface area contributed by atoms with Crippen molar-refractivity contribution in [2.45, 2.75) is 32.4 Å². The summed E-state index contributed by atoms with van der Waals surface area (Å²) < 4.78 is 0. The zero-order valence-electron chi connectivity index (χ0n) is 9.90. The van der Waals surface area contributed by atoms with Crippen LogP contribution in [0.5, 0.6) is 0 Å². The van der Waals surface area contributed by atoms with Crippen molar-refractivity contribution in [3.05, 3.63) is 35.4 Å². The predicted octanol–water partition coefficient (Wildman–Crippen LogP) is 1.95. The summed E-state index contributed by atoms with van der Waals surface area (Å²) in [5.41, 5.74) is 7.67. The summed E-state index contributed by atoms with van der Waals surface area (Å²) in [5.74, 6) is 0. The molecule has 86 valence electrons. The average molecular weight is 217 g/mol. The van der Waals surface area contributed by atoms with E-state index in [2.05, 4.69) is 25.2 Å². The minimum atomic E-state index is 0.196. The molecule has 3 N–H and O–H groups in total. The molecule has 0 radical (unpaired) electrons. The standard InChI is InChI=1S/C13H19N3/c1-3-13(15)9-16-10(2)12-6-4-5-11(7-12)8-14/h4-7,10,13,16H,3,9,15H2,1-2H3. The molecule has 0 saturated carbocycles. The topological polar surface area (TPSA) is 61.8 Å². The number of rotatable bonds is 5. The number of hydrogen-bond donors (Lipinski definition) is 2. The van der Waals surface area contributed by atoms with E-state index in [9.17, 15) is 0 Å².